The first-order valence-corrected chi connectivity index (χ1v) is 4.58. The van der Waals surface area contributed by atoms with E-state index >= 15 is 0 Å². The zero-order valence-corrected chi connectivity index (χ0v) is 8.34. The Morgan fingerprint density at radius 2 is 2.14 bits per heavy atom. The number of benzene rings is 1. The van der Waals surface area contributed by atoms with Crippen molar-refractivity contribution in [1.82, 2.24) is 0 Å². The molecule has 0 aliphatic heterocycles. The molecule has 0 N–H and O–H groups in total. The fraction of sp³-hybridized carbons (Fsp3) is 0.364. The second kappa shape index (κ2) is 4.74. The van der Waals surface area contributed by atoms with Crippen LogP contribution in [0.15, 0.2) is 18.2 Å². The third-order valence-corrected chi connectivity index (χ3v) is 1.75. The summed E-state index contributed by atoms with van der Waals surface area (Å²) in [5, 5.41) is 0. The molecule has 0 bridgehead atoms. The van der Waals surface area contributed by atoms with Crippen molar-refractivity contribution in [2.45, 2.75) is 20.3 Å². The number of carbonyl (C=O) groups excluding carboxylic acids is 1. The van der Waals surface area contributed by atoms with Crippen LogP contribution in [0.5, 0.6) is 5.75 Å². The summed E-state index contributed by atoms with van der Waals surface area (Å²) in [5.41, 5.74) is 0.344. The van der Waals surface area contributed by atoms with E-state index in [9.17, 15) is 9.18 Å². The minimum atomic E-state index is -0.441. The Kier molecular flexibility index (Phi) is 3.63. The fourth-order valence-electron chi connectivity index (χ4n) is 1.07. The molecule has 76 valence electrons. The Hall–Kier alpha value is -1.38. The summed E-state index contributed by atoms with van der Waals surface area (Å²) in [4.78, 5) is 11.0. The molecule has 1 aromatic carbocycles. The number of Topliss-reactive ketones (excluding diaryl/α,β-unsaturated/α-hetero) is 1. The van der Waals surface area contributed by atoms with Crippen LogP contribution in [-0.4, -0.2) is 12.4 Å². The Morgan fingerprint density at radius 1 is 1.43 bits per heavy atom. The molecule has 0 aromatic heterocycles. The highest BCUT2D eigenvalue weighted by Crippen LogP contribution is 2.16. The highest BCUT2D eigenvalue weighted by atomic mass is 19.1. The van der Waals surface area contributed by atoms with Gasteiger partial charge in [0.2, 0.25) is 0 Å². The molecule has 0 aliphatic rings. The molecule has 1 rings (SSSR count). The Bertz CT molecular complexity index is 334. The van der Waals surface area contributed by atoms with E-state index in [4.69, 9.17) is 4.74 Å². The van der Waals surface area contributed by atoms with Crippen LogP contribution in [0.1, 0.15) is 30.6 Å². The first-order chi connectivity index (χ1) is 6.63. The zero-order chi connectivity index (χ0) is 10.6. The van der Waals surface area contributed by atoms with Crippen LogP contribution in [0.3, 0.4) is 0 Å². The maximum atomic E-state index is 13.0. The minimum Gasteiger partial charge on any atom is -0.493 e. The van der Waals surface area contributed by atoms with Crippen molar-refractivity contribution in [2.75, 3.05) is 6.61 Å². The van der Waals surface area contributed by atoms with Crippen LogP contribution in [-0.2, 0) is 0 Å². The van der Waals surface area contributed by atoms with Crippen LogP contribution in [0.4, 0.5) is 4.39 Å². The number of rotatable bonds is 4. The molecule has 0 radical (unpaired) electrons. The molecule has 2 nitrogen and oxygen atoms in total. The van der Waals surface area contributed by atoms with Crippen molar-refractivity contribution in [1.29, 1.82) is 0 Å². The van der Waals surface area contributed by atoms with Gasteiger partial charge in [-0.1, -0.05) is 6.92 Å². The van der Waals surface area contributed by atoms with Gasteiger partial charge in [-0.2, -0.15) is 0 Å². The van der Waals surface area contributed by atoms with E-state index in [0.29, 0.717) is 17.9 Å². The van der Waals surface area contributed by atoms with Crippen molar-refractivity contribution >= 4 is 5.78 Å². The van der Waals surface area contributed by atoms with Crippen molar-refractivity contribution < 1.29 is 13.9 Å². The van der Waals surface area contributed by atoms with E-state index < -0.39 is 5.82 Å². The maximum Gasteiger partial charge on any atom is 0.160 e. The highest BCUT2D eigenvalue weighted by Gasteiger charge is 2.04. The standard InChI is InChI=1S/C11H13FO2/c1-3-4-14-11-6-9(8(2)13)5-10(12)7-11/h5-7H,3-4H2,1-2H3. The lowest BCUT2D eigenvalue weighted by Gasteiger charge is -2.05. The Labute approximate surface area is 82.7 Å². The third kappa shape index (κ3) is 2.83. The SMILES string of the molecule is CCCOc1cc(F)cc(C(C)=O)c1. The van der Waals surface area contributed by atoms with Crippen LogP contribution < -0.4 is 4.74 Å². The lowest BCUT2D eigenvalue weighted by molar-refractivity contribution is 0.101. The van der Waals surface area contributed by atoms with Gasteiger partial charge in [0.1, 0.15) is 11.6 Å². The monoisotopic (exact) mass is 196 g/mol. The quantitative estimate of drug-likeness (QED) is 0.692. The lowest BCUT2D eigenvalue weighted by atomic mass is 10.1. The van der Waals surface area contributed by atoms with E-state index in [0.717, 1.165) is 6.42 Å². The predicted molar refractivity (Wildman–Crippen MR) is 52.2 cm³/mol. The highest BCUT2D eigenvalue weighted by molar-refractivity contribution is 5.94. The molecule has 0 saturated heterocycles. The minimum absolute atomic E-state index is 0.161. The summed E-state index contributed by atoms with van der Waals surface area (Å²) < 4.78 is 18.2. The summed E-state index contributed by atoms with van der Waals surface area (Å²) in [6.07, 6.45) is 0.853. The van der Waals surface area contributed by atoms with Crippen LogP contribution in [0.2, 0.25) is 0 Å². The van der Waals surface area contributed by atoms with Gasteiger partial charge in [0.15, 0.2) is 5.78 Å². The molecule has 1 aromatic rings. The molecule has 0 amide bonds. The number of hydrogen-bond donors (Lipinski definition) is 0. The first-order valence-electron chi connectivity index (χ1n) is 4.58. The van der Waals surface area contributed by atoms with Crippen molar-refractivity contribution in [3.8, 4) is 5.75 Å². The second-order valence-corrected chi connectivity index (χ2v) is 3.08. The molecule has 0 heterocycles. The summed E-state index contributed by atoms with van der Waals surface area (Å²) in [7, 11) is 0. The normalized spacial score (nSPS) is 9.93. The molecule has 0 unspecified atom stereocenters. The van der Waals surface area contributed by atoms with Crippen molar-refractivity contribution in [2.24, 2.45) is 0 Å². The number of halogens is 1. The summed E-state index contributed by atoms with van der Waals surface area (Å²) in [6.45, 7) is 3.89. The first kappa shape index (κ1) is 10.7. The molecule has 0 saturated carbocycles. The average Bonchev–Trinajstić information content (AvgIpc) is 2.14. The predicted octanol–water partition coefficient (Wildman–Crippen LogP) is 2.82. The Balaban J connectivity index is 2.89. The largest absolute Gasteiger partial charge is 0.493 e. The van der Waals surface area contributed by atoms with E-state index in [2.05, 4.69) is 0 Å². The van der Waals surface area contributed by atoms with Gasteiger partial charge in [-0.3, -0.25) is 4.79 Å². The fourth-order valence-corrected chi connectivity index (χ4v) is 1.07. The van der Waals surface area contributed by atoms with Gasteiger partial charge in [0.25, 0.3) is 0 Å². The second-order valence-electron chi connectivity index (χ2n) is 3.08. The lowest BCUT2D eigenvalue weighted by Crippen LogP contribution is -1.99. The molecule has 14 heavy (non-hydrogen) atoms. The van der Waals surface area contributed by atoms with Crippen LogP contribution in [0, 0.1) is 5.82 Å². The summed E-state index contributed by atoms with van der Waals surface area (Å²) >= 11 is 0. The van der Waals surface area contributed by atoms with Crippen LogP contribution in [0.25, 0.3) is 0 Å². The molecule has 3 heteroatoms. The van der Waals surface area contributed by atoms with Gasteiger partial charge < -0.3 is 4.74 Å². The number of ether oxygens (including phenoxy) is 1. The summed E-state index contributed by atoms with van der Waals surface area (Å²) in [5.74, 6) is -0.188. The van der Waals surface area contributed by atoms with E-state index in [1.807, 2.05) is 6.92 Å². The van der Waals surface area contributed by atoms with E-state index in [1.54, 1.807) is 6.07 Å². The van der Waals surface area contributed by atoms with Crippen molar-refractivity contribution in [3.05, 3.63) is 29.6 Å². The van der Waals surface area contributed by atoms with Gasteiger partial charge in [-0.05, 0) is 25.5 Å². The van der Waals surface area contributed by atoms with Gasteiger partial charge in [0.05, 0.1) is 6.61 Å². The van der Waals surface area contributed by atoms with E-state index in [-0.39, 0.29) is 5.78 Å². The molecular formula is C11H13FO2. The number of ketones is 1. The Morgan fingerprint density at radius 3 is 2.71 bits per heavy atom. The summed E-state index contributed by atoms with van der Waals surface area (Å²) in [6, 6.07) is 4.05. The maximum absolute atomic E-state index is 13.0. The van der Waals surface area contributed by atoms with Crippen LogP contribution >= 0.6 is 0 Å². The van der Waals surface area contributed by atoms with Crippen molar-refractivity contribution in [3.63, 3.8) is 0 Å². The third-order valence-electron chi connectivity index (χ3n) is 1.75. The molecule has 0 fully saturated rings. The number of hydrogen-bond acceptors (Lipinski definition) is 2. The average molecular weight is 196 g/mol. The van der Waals surface area contributed by atoms with E-state index in [1.165, 1.54) is 19.1 Å². The molecule has 0 atom stereocenters. The topological polar surface area (TPSA) is 26.3 Å². The van der Waals surface area contributed by atoms with Gasteiger partial charge in [-0.15, -0.1) is 0 Å². The zero-order valence-electron chi connectivity index (χ0n) is 8.34. The molecular weight excluding hydrogens is 183 g/mol. The molecule has 0 spiro atoms. The van der Waals surface area contributed by atoms with Gasteiger partial charge in [-0.25, -0.2) is 4.39 Å². The van der Waals surface area contributed by atoms with Gasteiger partial charge in [0, 0.05) is 11.6 Å². The van der Waals surface area contributed by atoms with Gasteiger partial charge >= 0.3 is 0 Å². The smallest absolute Gasteiger partial charge is 0.160 e. The molecule has 0 aliphatic carbocycles. The number of carbonyl (C=O) groups is 1.